The second-order valence-corrected chi connectivity index (χ2v) is 6.24. The van der Waals surface area contributed by atoms with Crippen LogP contribution in [-0.2, 0) is 12.8 Å². The van der Waals surface area contributed by atoms with Crippen LogP contribution in [0.3, 0.4) is 0 Å². The first kappa shape index (κ1) is 17.3. The average molecular weight is 336 g/mol. The minimum absolute atomic E-state index is 0.341. The van der Waals surface area contributed by atoms with Crippen molar-refractivity contribution in [3.8, 4) is 22.3 Å². The quantitative estimate of drug-likeness (QED) is 0.480. The molecule has 25 heavy (non-hydrogen) atoms. The summed E-state index contributed by atoms with van der Waals surface area (Å²) in [7, 11) is 0. The average Bonchev–Trinajstić information content (AvgIpc) is 2.67. The molecule has 0 N–H and O–H groups in total. The van der Waals surface area contributed by atoms with Gasteiger partial charge in [0.05, 0.1) is 0 Å². The van der Waals surface area contributed by atoms with Crippen molar-refractivity contribution >= 4 is 0 Å². The largest absolute Gasteiger partial charge is 0.203 e. The Bertz CT molecular complexity index is 850. The van der Waals surface area contributed by atoms with Crippen molar-refractivity contribution < 1.29 is 8.78 Å². The Morgan fingerprint density at radius 2 is 1.32 bits per heavy atom. The van der Waals surface area contributed by atoms with Crippen molar-refractivity contribution in [2.24, 2.45) is 0 Å². The van der Waals surface area contributed by atoms with Crippen LogP contribution >= 0.6 is 0 Å². The molecule has 0 fully saturated rings. The fraction of sp³-hybridized carbons (Fsp3) is 0.217. The van der Waals surface area contributed by atoms with E-state index in [0.29, 0.717) is 29.5 Å². The highest BCUT2D eigenvalue weighted by atomic mass is 19.2. The molecular formula is C23H22F2. The molecule has 0 bridgehead atoms. The highest BCUT2D eigenvalue weighted by molar-refractivity contribution is 5.71. The number of hydrogen-bond acceptors (Lipinski definition) is 0. The summed E-state index contributed by atoms with van der Waals surface area (Å²) in [6, 6.07) is 19.4. The van der Waals surface area contributed by atoms with Gasteiger partial charge >= 0.3 is 0 Å². The van der Waals surface area contributed by atoms with E-state index >= 15 is 0 Å². The van der Waals surface area contributed by atoms with Gasteiger partial charge in [0.2, 0.25) is 0 Å². The predicted molar refractivity (Wildman–Crippen MR) is 101 cm³/mol. The van der Waals surface area contributed by atoms with Crippen LogP contribution in [0.4, 0.5) is 8.78 Å². The van der Waals surface area contributed by atoms with E-state index in [4.69, 9.17) is 0 Å². The summed E-state index contributed by atoms with van der Waals surface area (Å²) in [5.41, 5.74) is 4.62. The number of benzene rings is 3. The summed E-state index contributed by atoms with van der Waals surface area (Å²) in [5, 5.41) is 0. The molecule has 0 radical (unpaired) electrons. The van der Waals surface area contributed by atoms with Crippen LogP contribution in [0.5, 0.6) is 0 Å². The van der Waals surface area contributed by atoms with E-state index in [2.05, 4.69) is 0 Å². The smallest absolute Gasteiger partial charge is 0.166 e. The summed E-state index contributed by atoms with van der Waals surface area (Å²) in [5.74, 6) is -1.43. The maximum Gasteiger partial charge on any atom is 0.166 e. The Kier molecular flexibility index (Phi) is 5.28. The predicted octanol–water partition coefficient (Wildman–Crippen LogP) is 6.81. The second-order valence-electron chi connectivity index (χ2n) is 6.24. The van der Waals surface area contributed by atoms with E-state index in [9.17, 15) is 8.78 Å². The normalized spacial score (nSPS) is 10.9. The Balaban J connectivity index is 2.03. The summed E-state index contributed by atoms with van der Waals surface area (Å²) in [6.45, 7) is 3.96. The Labute approximate surface area is 148 Å². The molecule has 2 heteroatoms. The Morgan fingerprint density at radius 3 is 1.92 bits per heavy atom. The van der Waals surface area contributed by atoms with E-state index in [0.717, 1.165) is 23.1 Å². The zero-order valence-electron chi connectivity index (χ0n) is 14.7. The Hall–Kier alpha value is -2.48. The van der Waals surface area contributed by atoms with E-state index < -0.39 is 11.6 Å². The minimum Gasteiger partial charge on any atom is -0.203 e. The number of rotatable bonds is 5. The third kappa shape index (κ3) is 3.48. The lowest BCUT2D eigenvalue weighted by atomic mass is 9.93. The molecule has 0 saturated carbocycles. The van der Waals surface area contributed by atoms with Gasteiger partial charge in [-0.05, 0) is 46.7 Å². The van der Waals surface area contributed by atoms with Crippen LogP contribution in [0.2, 0.25) is 0 Å². The fourth-order valence-corrected chi connectivity index (χ4v) is 3.24. The van der Waals surface area contributed by atoms with Gasteiger partial charge in [0.1, 0.15) is 0 Å². The van der Waals surface area contributed by atoms with E-state index in [1.54, 1.807) is 6.07 Å². The van der Waals surface area contributed by atoms with Gasteiger partial charge in [0, 0.05) is 5.56 Å². The lowest BCUT2D eigenvalue weighted by Crippen LogP contribution is -2.03. The topological polar surface area (TPSA) is 0 Å². The van der Waals surface area contributed by atoms with Gasteiger partial charge in [-0.25, -0.2) is 8.78 Å². The van der Waals surface area contributed by atoms with Crippen LogP contribution < -0.4 is 0 Å². The van der Waals surface area contributed by atoms with Crippen LogP contribution in [0.1, 0.15) is 31.4 Å². The number of aryl methyl sites for hydroxylation is 1. The molecule has 0 aliphatic carbocycles. The first-order valence-corrected chi connectivity index (χ1v) is 8.81. The van der Waals surface area contributed by atoms with E-state index in [1.165, 1.54) is 0 Å². The van der Waals surface area contributed by atoms with Crippen molar-refractivity contribution in [3.05, 3.63) is 83.4 Å². The van der Waals surface area contributed by atoms with Crippen LogP contribution in [0.15, 0.2) is 60.7 Å². The summed E-state index contributed by atoms with van der Waals surface area (Å²) < 4.78 is 29.2. The molecule has 0 atom stereocenters. The van der Waals surface area contributed by atoms with Gasteiger partial charge in [-0.3, -0.25) is 0 Å². The van der Waals surface area contributed by atoms with Gasteiger partial charge in [-0.1, -0.05) is 74.9 Å². The maximum absolute atomic E-state index is 14.6. The highest BCUT2D eigenvalue weighted by Gasteiger charge is 2.18. The maximum atomic E-state index is 14.6. The standard InChI is InChI=1S/C23H22F2/c1-3-8-20-16(4-2)15-21(23(25)22(20)24)19-13-11-18(12-14-19)17-9-6-5-7-10-17/h5-7,9-15H,3-4,8H2,1-2H3. The van der Waals surface area contributed by atoms with Crippen molar-refractivity contribution in [1.29, 1.82) is 0 Å². The SMILES string of the molecule is CCCc1c(CC)cc(-c2ccc(-c3ccccc3)cc2)c(F)c1F. The molecule has 0 aliphatic rings. The van der Waals surface area contributed by atoms with Crippen LogP contribution in [-0.4, -0.2) is 0 Å². The lowest BCUT2D eigenvalue weighted by molar-refractivity contribution is 0.498. The summed E-state index contributed by atoms with van der Waals surface area (Å²) >= 11 is 0. The van der Waals surface area contributed by atoms with Gasteiger partial charge in [0.15, 0.2) is 11.6 Å². The van der Waals surface area contributed by atoms with Gasteiger partial charge < -0.3 is 0 Å². The van der Waals surface area contributed by atoms with E-state index in [-0.39, 0.29) is 0 Å². The van der Waals surface area contributed by atoms with Crippen molar-refractivity contribution in [3.63, 3.8) is 0 Å². The molecule has 0 unspecified atom stereocenters. The highest BCUT2D eigenvalue weighted by Crippen LogP contribution is 2.31. The second kappa shape index (κ2) is 7.60. The van der Waals surface area contributed by atoms with Crippen molar-refractivity contribution in [1.82, 2.24) is 0 Å². The zero-order valence-corrected chi connectivity index (χ0v) is 14.7. The molecule has 0 aliphatic heterocycles. The zero-order chi connectivity index (χ0) is 17.8. The third-order valence-corrected chi connectivity index (χ3v) is 4.58. The number of hydrogen-bond donors (Lipinski definition) is 0. The van der Waals surface area contributed by atoms with Gasteiger partial charge in [0.25, 0.3) is 0 Å². The van der Waals surface area contributed by atoms with Crippen molar-refractivity contribution in [2.45, 2.75) is 33.1 Å². The fourth-order valence-electron chi connectivity index (χ4n) is 3.24. The minimum atomic E-state index is -0.742. The molecule has 3 aromatic carbocycles. The van der Waals surface area contributed by atoms with Crippen LogP contribution in [0.25, 0.3) is 22.3 Å². The van der Waals surface area contributed by atoms with Crippen LogP contribution in [0, 0.1) is 11.6 Å². The van der Waals surface area contributed by atoms with Crippen molar-refractivity contribution in [2.75, 3.05) is 0 Å². The summed E-state index contributed by atoms with van der Waals surface area (Å²) in [6.07, 6.45) is 2.06. The molecule has 3 rings (SSSR count). The monoisotopic (exact) mass is 336 g/mol. The molecule has 0 amide bonds. The van der Waals surface area contributed by atoms with E-state index in [1.807, 2.05) is 68.4 Å². The first-order chi connectivity index (χ1) is 12.2. The van der Waals surface area contributed by atoms with Gasteiger partial charge in [-0.2, -0.15) is 0 Å². The molecule has 0 aromatic heterocycles. The molecule has 3 aromatic rings. The summed E-state index contributed by atoms with van der Waals surface area (Å²) in [4.78, 5) is 0. The molecule has 128 valence electrons. The lowest BCUT2D eigenvalue weighted by Gasteiger charge is -2.14. The molecule has 0 nitrogen and oxygen atoms in total. The molecule has 0 heterocycles. The Morgan fingerprint density at radius 1 is 0.720 bits per heavy atom. The number of halogens is 2. The van der Waals surface area contributed by atoms with Gasteiger partial charge in [-0.15, -0.1) is 0 Å². The molecular weight excluding hydrogens is 314 g/mol. The first-order valence-electron chi connectivity index (χ1n) is 8.81. The third-order valence-electron chi connectivity index (χ3n) is 4.58. The molecule has 0 spiro atoms. The molecule has 0 saturated heterocycles.